The second kappa shape index (κ2) is 6.93. The third-order valence-corrected chi connectivity index (χ3v) is 5.26. The first kappa shape index (κ1) is 16.8. The summed E-state index contributed by atoms with van der Waals surface area (Å²) >= 11 is 0. The number of nitrogens with two attached hydrogens (primary N) is 1. The summed E-state index contributed by atoms with van der Waals surface area (Å²) in [6, 6.07) is 19.6. The highest BCUT2D eigenvalue weighted by atomic mass is 15.1. The van der Waals surface area contributed by atoms with Gasteiger partial charge in [0.15, 0.2) is 0 Å². The van der Waals surface area contributed by atoms with Gasteiger partial charge in [0.25, 0.3) is 0 Å². The SMILES string of the molecule is Cc1cc2nc(CCCN)n(Cc3cccc4ccccc34)c2cc1C. The van der Waals surface area contributed by atoms with E-state index in [0.717, 1.165) is 30.7 Å². The van der Waals surface area contributed by atoms with E-state index in [2.05, 4.69) is 73.0 Å². The zero-order valence-electron chi connectivity index (χ0n) is 15.5. The Morgan fingerprint density at radius 2 is 1.73 bits per heavy atom. The molecule has 0 aliphatic carbocycles. The van der Waals surface area contributed by atoms with Crippen LogP contribution in [-0.4, -0.2) is 16.1 Å². The molecule has 0 bridgehead atoms. The summed E-state index contributed by atoms with van der Waals surface area (Å²) in [5.74, 6) is 1.13. The second-order valence-corrected chi connectivity index (χ2v) is 7.07. The van der Waals surface area contributed by atoms with Gasteiger partial charge in [-0.05, 0) is 66.4 Å². The summed E-state index contributed by atoms with van der Waals surface area (Å²) in [6.45, 7) is 5.84. The van der Waals surface area contributed by atoms with Crippen LogP contribution in [0, 0.1) is 13.8 Å². The van der Waals surface area contributed by atoms with Crippen molar-refractivity contribution in [1.82, 2.24) is 9.55 Å². The Morgan fingerprint density at radius 3 is 2.58 bits per heavy atom. The van der Waals surface area contributed by atoms with Crippen LogP contribution in [0.15, 0.2) is 54.6 Å². The lowest BCUT2D eigenvalue weighted by molar-refractivity contribution is 0.705. The van der Waals surface area contributed by atoms with Crippen molar-refractivity contribution in [3.05, 3.63) is 77.1 Å². The van der Waals surface area contributed by atoms with Gasteiger partial charge in [-0.1, -0.05) is 42.5 Å². The highest BCUT2D eigenvalue weighted by Gasteiger charge is 2.13. The van der Waals surface area contributed by atoms with Crippen LogP contribution in [0.3, 0.4) is 0 Å². The van der Waals surface area contributed by atoms with Crippen molar-refractivity contribution in [3.8, 4) is 0 Å². The molecule has 0 saturated carbocycles. The average Bonchev–Trinajstić information content (AvgIpc) is 2.97. The van der Waals surface area contributed by atoms with Gasteiger partial charge in [-0.3, -0.25) is 0 Å². The van der Waals surface area contributed by atoms with Gasteiger partial charge in [0.1, 0.15) is 5.82 Å². The number of nitrogens with zero attached hydrogens (tertiary/aromatic N) is 2. The Labute approximate surface area is 154 Å². The maximum absolute atomic E-state index is 5.76. The molecular weight excluding hydrogens is 318 g/mol. The molecule has 3 heteroatoms. The molecule has 4 aromatic rings. The van der Waals surface area contributed by atoms with Crippen LogP contribution in [-0.2, 0) is 13.0 Å². The largest absolute Gasteiger partial charge is 0.330 e. The van der Waals surface area contributed by atoms with E-state index in [0.29, 0.717) is 6.54 Å². The third-order valence-electron chi connectivity index (χ3n) is 5.26. The number of hydrogen-bond acceptors (Lipinski definition) is 2. The van der Waals surface area contributed by atoms with Crippen molar-refractivity contribution in [2.45, 2.75) is 33.2 Å². The van der Waals surface area contributed by atoms with E-state index >= 15 is 0 Å². The maximum atomic E-state index is 5.76. The van der Waals surface area contributed by atoms with Crippen molar-refractivity contribution in [3.63, 3.8) is 0 Å². The van der Waals surface area contributed by atoms with E-state index in [1.165, 1.54) is 33.0 Å². The topological polar surface area (TPSA) is 43.8 Å². The van der Waals surface area contributed by atoms with Gasteiger partial charge >= 0.3 is 0 Å². The molecule has 0 radical (unpaired) electrons. The Bertz CT molecular complexity index is 1070. The Balaban J connectivity index is 1.87. The van der Waals surface area contributed by atoms with Crippen LogP contribution in [0.5, 0.6) is 0 Å². The first-order valence-corrected chi connectivity index (χ1v) is 9.30. The number of fused-ring (bicyclic) bond motifs is 2. The highest BCUT2D eigenvalue weighted by molar-refractivity contribution is 5.86. The van der Waals surface area contributed by atoms with Gasteiger partial charge in [0.2, 0.25) is 0 Å². The fourth-order valence-electron chi connectivity index (χ4n) is 3.66. The van der Waals surface area contributed by atoms with E-state index in [1.807, 2.05) is 0 Å². The number of aryl methyl sites for hydroxylation is 3. The number of imidazole rings is 1. The molecule has 0 amide bonds. The standard InChI is InChI=1S/C23H25N3/c1-16-13-21-22(14-17(16)2)26(23(25-21)11-6-12-24)15-19-9-5-8-18-7-3-4-10-20(18)19/h3-5,7-10,13-14H,6,11-12,15,24H2,1-2H3. The monoisotopic (exact) mass is 343 g/mol. The Kier molecular flexibility index (Phi) is 4.48. The molecule has 0 aliphatic rings. The highest BCUT2D eigenvalue weighted by Crippen LogP contribution is 2.25. The maximum Gasteiger partial charge on any atom is 0.110 e. The van der Waals surface area contributed by atoms with Crippen molar-refractivity contribution >= 4 is 21.8 Å². The Hall–Kier alpha value is -2.65. The zero-order chi connectivity index (χ0) is 18.1. The molecule has 0 saturated heterocycles. The molecule has 0 aliphatic heterocycles. The van der Waals surface area contributed by atoms with Crippen LogP contribution in [0.2, 0.25) is 0 Å². The van der Waals surface area contributed by atoms with Crippen LogP contribution >= 0.6 is 0 Å². The van der Waals surface area contributed by atoms with E-state index in [9.17, 15) is 0 Å². The minimum Gasteiger partial charge on any atom is -0.330 e. The predicted octanol–water partition coefficient (Wildman–Crippen LogP) is 4.75. The summed E-state index contributed by atoms with van der Waals surface area (Å²) in [6.07, 6.45) is 1.87. The van der Waals surface area contributed by atoms with Crippen LogP contribution in [0.25, 0.3) is 21.8 Å². The fourth-order valence-corrected chi connectivity index (χ4v) is 3.66. The molecule has 2 N–H and O–H groups in total. The third kappa shape index (κ3) is 2.99. The first-order valence-electron chi connectivity index (χ1n) is 9.30. The molecule has 0 atom stereocenters. The average molecular weight is 343 g/mol. The van der Waals surface area contributed by atoms with Crippen LogP contribution in [0.1, 0.15) is 28.9 Å². The molecule has 26 heavy (non-hydrogen) atoms. The summed E-state index contributed by atoms with van der Waals surface area (Å²) in [5, 5.41) is 2.59. The van der Waals surface area contributed by atoms with Crippen molar-refractivity contribution in [2.75, 3.05) is 6.54 Å². The van der Waals surface area contributed by atoms with E-state index < -0.39 is 0 Å². The molecule has 0 fully saturated rings. The van der Waals surface area contributed by atoms with Crippen molar-refractivity contribution < 1.29 is 0 Å². The summed E-state index contributed by atoms with van der Waals surface area (Å²) in [4.78, 5) is 4.94. The summed E-state index contributed by atoms with van der Waals surface area (Å²) in [7, 11) is 0. The fraction of sp³-hybridized carbons (Fsp3) is 0.261. The van der Waals surface area contributed by atoms with E-state index in [-0.39, 0.29) is 0 Å². The van der Waals surface area contributed by atoms with Gasteiger partial charge in [-0.25, -0.2) is 4.98 Å². The smallest absolute Gasteiger partial charge is 0.110 e. The van der Waals surface area contributed by atoms with Gasteiger partial charge in [0, 0.05) is 13.0 Å². The number of aromatic nitrogens is 2. The summed E-state index contributed by atoms with van der Waals surface area (Å²) in [5.41, 5.74) is 12.0. The van der Waals surface area contributed by atoms with Crippen LogP contribution in [0.4, 0.5) is 0 Å². The second-order valence-electron chi connectivity index (χ2n) is 7.07. The quantitative estimate of drug-likeness (QED) is 0.568. The molecule has 3 aromatic carbocycles. The zero-order valence-corrected chi connectivity index (χ0v) is 15.5. The van der Waals surface area contributed by atoms with Gasteiger partial charge < -0.3 is 10.3 Å². The van der Waals surface area contributed by atoms with Crippen molar-refractivity contribution in [1.29, 1.82) is 0 Å². The van der Waals surface area contributed by atoms with E-state index in [1.54, 1.807) is 0 Å². The van der Waals surface area contributed by atoms with Gasteiger partial charge in [-0.15, -0.1) is 0 Å². The lowest BCUT2D eigenvalue weighted by Gasteiger charge is -2.12. The van der Waals surface area contributed by atoms with E-state index in [4.69, 9.17) is 10.7 Å². The lowest BCUT2D eigenvalue weighted by atomic mass is 10.0. The minimum absolute atomic E-state index is 0.690. The molecule has 132 valence electrons. The predicted molar refractivity (Wildman–Crippen MR) is 110 cm³/mol. The molecular formula is C23H25N3. The number of rotatable bonds is 5. The Morgan fingerprint density at radius 1 is 0.962 bits per heavy atom. The molecule has 1 aromatic heterocycles. The first-order chi connectivity index (χ1) is 12.7. The molecule has 0 unspecified atom stereocenters. The molecule has 0 spiro atoms. The number of hydrogen-bond donors (Lipinski definition) is 1. The number of benzene rings is 3. The lowest BCUT2D eigenvalue weighted by Crippen LogP contribution is -2.08. The molecule has 3 nitrogen and oxygen atoms in total. The molecule has 1 heterocycles. The van der Waals surface area contributed by atoms with Gasteiger partial charge in [-0.2, -0.15) is 0 Å². The summed E-state index contributed by atoms with van der Waals surface area (Å²) < 4.78 is 2.37. The van der Waals surface area contributed by atoms with Gasteiger partial charge in [0.05, 0.1) is 11.0 Å². The normalized spacial score (nSPS) is 11.5. The van der Waals surface area contributed by atoms with Crippen LogP contribution < -0.4 is 5.73 Å². The minimum atomic E-state index is 0.690. The molecule has 4 rings (SSSR count). The van der Waals surface area contributed by atoms with Crippen molar-refractivity contribution in [2.24, 2.45) is 5.73 Å².